The van der Waals surface area contributed by atoms with Gasteiger partial charge in [-0.05, 0) is 84.3 Å². The molecule has 0 amide bonds. The first kappa shape index (κ1) is 28.4. The Morgan fingerprint density at radius 1 is 1.00 bits per heavy atom. The zero-order valence-corrected chi connectivity index (χ0v) is 25.3. The molecule has 7 rings (SSSR count). The number of fused-ring (bicyclic) bond motifs is 4. The molecule has 0 bridgehead atoms. The molecule has 5 nitrogen and oxygen atoms in total. The molecule has 1 saturated carbocycles. The lowest BCUT2D eigenvalue weighted by Crippen LogP contribution is -2.50. The third kappa shape index (κ3) is 4.60. The SMILES string of the molecule is CCc1cc(C2CC3(C2)OCC(C)(C)c2c3c3c(OCc4ccccc4)cccc3n2-c2ccc(F)cc2)ccc1C(=O)O. The largest absolute Gasteiger partial charge is 0.488 e. The highest BCUT2D eigenvalue weighted by atomic mass is 19.1. The summed E-state index contributed by atoms with van der Waals surface area (Å²) < 4.78 is 29.8. The molecule has 0 atom stereocenters. The van der Waals surface area contributed by atoms with E-state index in [9.17, 15) is 14.3 Å². The fourth-order valence-corrected chi connectivity index (χ4v) is 7.23. The summed E-state index contributed by atoms with van der Waals surface area (Å²) in [5.41, 5.74) is 6.82. The van der Waals surface area contributed by atoms with Crippen LogP contribution in [0.1, 0.15) is 77.8 Å². The molecular weight excluding hydrogens is 553 g/mol. The van der Waals surface area contributed by atoms with Crippen LogP contribution >= 0.6 is 0 Å². The number of aromatic nitrogens is 1. The van der Waals surface area contributed by atoms with E-state index in [0.717, 1.165) is 63.1 Å². The number of hydrogen-bond donors (Lipinski definition) is 1. The second kappa shape index (κ2) is 10.6. The van der Waals surface area contributed by atoms with Crippen LogP contribution in [0, 0.1) is 5.82 Å². The molecule has 44 heavy (non-hydrogen) atoms. The van der Waals surface area contributed by atoms with Crippen LogP contribution in [0.15, 0.2) is 91.0 Å². The van der Waals surface area contributed by atoms with Crippen LogP contribution in [-0.2, 0) is 28.8 Å². The molecular formula is C38H36FNO4. The zero-order valence-electron chi connectivity index (χ0n) is 25.3. The lowest BCUT2D eigenvalue weighted by molar-refractivity contribution is -0.143. The molecule has 0 radical (unpaired) electrons. The van der Waals surface area contributed by atoms with Crippen LogP contribution in [0.4, 0.5) is 4.39 Å². The number of carbonyl (C=O) groups is 1. The maximum Gasteiger partial charge on any atom is 0.335 e. The molecule has 1 spiro atoms. The van der Waals surface area contributed by atoms with Gasteiger partial charge in [0.25, 0.3) is 0 Å². The van der Waals surface area contributed by atoms with Gasteiger partial charge in [-0.15, -0.1) is 0 Å². The van der Waals surface area contributed by atoms with Crippen molar-refractivity contribution in [1.29, 1.82) is 0 Å². The number of benzene rings is 4. The molecule has 1 fully saturated rings. The Bertz CT molecular complexity index is 1870. The number of hydrogen-bond acceptors (Lipinski definition) is 3. The first-order valence-corrected chi connectivity index (χ1v) is 15.3. The average Bonchev–Trinajstić information content (AvgIpc) is 3.38. The monoisotopic (exact) mass is 589 g/mol. The number of ether oxygens (including phenoxy) is 2. The zero-order chi connectivity index (χ0) is 30.6. The van der Waals surface area contributed by atoms with Gasteiger partial charge in [0.2, 0.25) is 0 Å². The molecule has 5 aromatic rings. The van der Waals surface area contributed by atoms with Gasteiger partial charge in [-0.3, -0.25) is 0 Å². The van der Waals surface area contributed by atoms with Gasteiger partial charge in [0.05, 0.1) is 23.3 Å². The van der Waals surface area contributed by atoms with E-state index in [4.69, 9.17) is 9.47 Å². The number of nitrogens with zero attached hydrogens (tertiary/aromatic N) is 1. The van der Waals surface area contributed by atoms with Crippen LogP contribution in [-0.4, -0.2) is 22.2 Å². The second-order valence-electron chi connectivity index (χ2n) is 12.8. The molecule has 1 aromatic heterocycles. The number of aromatic carboxylic acids is 1. The van der Waals surface area contributed by atoms with E-state index in [1.807, 2.05) is 55.5 Å². The summed E-state index contributed by atoms with van der Waals surface area (Å²) in [6.07, 6.45) is 2.22. The number of carboxylic acid groups (broad SMARTS) is 1. The van der Waals surface area contributed by atoms with Crippen molar-refractivity contribution in [1.82, 2.24) is 4.57 Å². The van der Waals surface area contributed by atoms with Crippen molar-refractivity contribution in [2.24, 2.45) is 0 Å². The van der Waals surface area contributed by atoms with E-state index < -0.39 is 11.6 Å². The summed E-state index contributed by atoms with van der Waals surface area (Å²) in [7, 11) is 0. The van der Waals surface area contributed by atoms with E-state index >= 15 is 0 Å². The fourth-order valence-electron chi connectivity index (χ4n) is 7.23. The summed E-state index contributed by atoms with van der Waals surface area (Å²) in [5, 5.41) is 10.7. The normalized spacial score (nSPS) is 20.3. The minimum atomic E-state index is -0.891. The van der Waals surface area contributed by atoms with Crippen molar-refractivity contribution in [2.75, 3.05) is 6.61 Å². The topological polar surface area (TPSA) is 60.7 Å². The predicted octanol–water partition coefficient (Wildman–Crippen LogP) is 8.69. The van der Waals surface area contributed by atoms with E-state index in [1.54, 1.807) is 6.07 Å². The van der Waals surface area contributed by atoms with Crippen LogP contribution < -0.4 is 4.74 Å². The first-order chi connectivity index (χ1) is 21.2. The smallest absolute Gasteiger partial charge is 0.335 e. The van der Waals surface area contributed by atoms with Crippen LogP contribution in [0.5, 0.6) is 5.75 Å². The lowest BCUT2D eigenvalue weighted by atomic mass is 9.61. The van der Waals surface area contributed by atoms with E-state index in [0.29, 0.717) is 25.2 Å². The summed E-state index contributed by atoms with van der Waals surface area (Å²) >= 11 is 0. The van der Waals surface area contributed by atoms with Crippen molar-refractivity contribution < 1.29 is 23.8 Å². The van der Waals surface area contributed by atoms with Gasteiger partial charge < -0.3 is 19.1 Å². The molecule has 2 aliphatic rings. The number of halogens is 1. The maximum absolute atomic E-state index is 14.1. The first-order valence-electron chi connectivity index (χ1n) is 15.3. The molecule has 224 valence electrons. The van der Waals surface area contributed by atoms with Crippen molar-refractivity contribution in [3.8, 4) is 11.4 Å². The van der Waals surface area contributed by atoms with Crippen LogP contribution in [0.2, 0.25) is 0 Å². The Morgan fingerprint density at radius 3 is 2.45 bits per heavy atom. The van der Waals surface area contributed by atoms with E-state index in [-0.39, 0.29) is 17.2 Å². The van der Waals surface area contributed by atoms with Crippen molar-refractivity contribution in [3.05, 3.63) is 130 Å². The van der Waals surface area contributed by atoms with Gasteiger partial charge in [-0.25, -0.2) is 9.18 Å². The Kier molecular flexibility index (Phi) is 6.85. The number of carboxylic acids is 1. The molecule has 0 unspecified atom stereocenters. The van der Waals surface area contributed by atoms with Gasteiger partial charge in [0.1, 0.15) is 18.2 Å². The van der Waals surface area contributed by atoms with Gasteiger partial charge in [0, 0.05) is 27.7 Å². The summed E-state index contributed by atoms with van der Waals surface area (Å²) in [6, 6.07) is 28.8. The standard InChI is InChI=1S/C38H36FNO4/c1-4-25-19-26(13-18-30(25)36(41)42)27-20-38(21-27)34-33-31(11-8-12-32(33)43-22-24-9-6-5-7-10-24)40(29-16-14-28(39)15-17-29)35(34)37(2,3)23-44-38/h5-19,27H,4,20-23H2,1-3H3,(H,41,42). The molecule has 4 aromatic carbocycles. The van der Waals surface area contributed by atoms with Crippen molar-refractivity contribution in [3.63, 3.8) is 0 Å². The summed E-state index contributed by atoms with van der Waals surface area (Å²) in [5.74, 6) is -0.129. The summed E-state index contributed by atoms with van der Waals surface area (Å²) in [6.45, 7) is 7.38. The lowest BCUT2D eigenvalue weighted by Gasteiger charge is -2.53. The molecule has 6 heteroatoms. The average molecular weight is 590 g/mol. The molecule has 1 aliphatic carbocycles. The highest BCUT2D eigenvalue weighted by Crippen LogP contribution is 2.61. The summed E-state index contributed by atoms with van der Waals surface area (Å²) in [4.78, 5) is 11.8. The minimum absolute atomic E-state index is 0.235. The number of aryl methyl sites for hydroxylation is 1. The van der Waals surface area contributed by atoms with Gasteiger partial charge >= 0.3 is 5.97 Å². The maximum atomic E-state index is 14.1. The van der Waals surface area contributed by atoms with E-state index in [2.05, 4.69) is 42.7 Å². The van der Waals surface area contributed by atoms with Crippen LogP contribution in [0.25, 0.3) is 16.6 Å². The molecule has 1 N–H and O–H groups in total. The van der Waals surface area contributed by atoms with Crippen molar-refractivity contribution >= 4 is 16.9 Å². The fraction of sp³-hybridized carbons (Fsp3) is 0.289. The molecule has 2 heterocycles. The van der Waals surface area contributed by atoms with Gasteiger partial charge in [-0.2, -0.15) is 0 Å². The quantitative estimate of drug-likeness (QED) is 0.206. The third-order valence-electron chi connectivity index (χ3n) is 9.45. The third-order valence-corrected chi connectivity index (χ3v) is 9.45. The van der Waals surface area contributed by atoms with E-state index in [1.165, 1.54) is 12.1 Å². The number of rotatable bonds is 7. The predicted molar refractivity (Wildman–Crippen MR) is 169 cm³/mol. The molecule has 0 saturated heterocycles. The Balaban J connectivity index is 1.38. The minimum Gasteiger partial charge on any atom is -0.488 e. The van der Waals surface area contributed by atoms with Crippen LogP contribution in [0.3, 0.4) is 0 Å². The Labute approximate surface area is 256 Å². The Hall–Kier alpha value is -4.42. The highest BCUT2D eigenvalue weighted by molar-refractivity contribution is 5.94. The highest BCUT2D eigenvalue weighted by Gasteiger charge is 2.55. The van der Waals surface area contributed by atoms with Gasteiger partial charge in [-0.1, -0.05) is 69.3 Å². The second-order valence-corrected chi connectivity index (χ2v) is 12.8. The molecule has 1 aliphatic heterocycles. The Morgan fingerprint density at radius 2 is 1.75 bits per heavy atom. The van der Waals surface area contributed by atoms with Gasteiger partial charge in [0.15, 0.2) is 0 Å². The van der Waals surface area contributed by atoms with Crippen molar-refractivity contribution in [2.45, 2.75) is 63.6 Å².